The standard InChI is InChI=1S/C52H56F3N9O8/c1-26(2)43(60-50(67)69-5)47(65)62-16-7-9-37(62)45-56-24-34(58-45)28-12-14-36-31(19-28)21-39-42-33(53)20-30(23-41(42)72-49(64(36)39)29-11-13-32-40(22-29)71-18-15-52(32,54)55)35-25-57-46(59-35)38-10-8-17-63(38)48(66)44(27(3)4)61-51(68)70-6/h11-14,19-27,37-38,43-44,49H,7-10,15-18H2,1-6H3,(H,56,58)(H,57,59)(H,60,67)(H,61,68)/t37-,38-,43?,44?,49?/m0/s1. The zero-order chi connectivity index (χ0) is 50.7. The molecule has 20 heteroatoms. The number of amides is 4. The second kappa shape index (κ2) is 18.9. The Balaban J connectivity index is 0.994. The summed E-state index contributed by atoms with van der Waals surface area (Å²) in [6.45, 7) is 8.19. The molecule has 6 aromatic rings. The van der Waals surface area contributed by atoms with Gasteiger partial charge in [-0.05, 0) is 80.0 Å². The second-order valence-corrected chi connectivity index (χ2v) is 19.5. The van der Waals surface area contributed by atoms with Crippen molar-refractivity contribution in [3.8, 4) is 45.3 Å². The van der Waals surface area contributed by atoms with Crippen LogP contribution in [0.25, 0.3) is 44.7 Å². The molecule has 3 aromatic heterocycles. The maximum Gasteiger partial charge on any atom is 0.407 e. The lowest BCUT2D eigenvalue weighted by atomic mass is 9.98. The monoisotopic (exact) mass is 991 g/mol. The van der Waals surface area contributed by atoms with Gasteiger partial charge in [-0.1, -0.05) is 39.8 Å². The van der Waals surface area contributed by atoms with Gasteiger partial charge in [0.15, 0.2) is 0 Å². The molecule has 0 spiro atoms. The summed E-state index contributed by atoms with van der Waals surface area (Å²) in [6, 6.07) is 12.8. The van der Waals surface area contributed by atoms with Gasteiger partial charge in [0, 0.05) is 35.2 Å². The molecule has 0 bridgehead atoms. The fourth-order valence-corrected chi connectivity index (χ4v) is 10.5. The summed E-state index contributed by atoms with van der Waals surface area (Å²) in [4.78, 5) is 71.5. The molecule has 4 amide bonds. The predicted octanol–water partition coefficient (Wildman–Crippen LogP) is 9.13. The van der Waals surface area contributed by atoms with Crippen molar-refractivity contribution in [1.29, 1.82) is 0 Å². The fourth-order valence-electron chi connectivity index (χ4n) is 10.5. The number of benzene rings is 3. The van der Waals surface area contributed by atoms with Crippen LogP contribution >= 0.6 is 0 Å². The van der Waals surface area contributed by atoms with E-state index in [1.54, 1.807) is 40.4 Å². The van der Waals surface area contributed by atoms with Crippen molar-refractivity contribution in [3.63, 3.8) is 0 Å². The number of fused-ring (bicyclic) bond motifs is 6. The van der Waals surface area contributed by atoms with Crippen LogP contribution in [-0.4, -0.2) is 104 Å². The minimum Gasteiger partial charge on any atom is -0.493 e. The molecule has 0 aliphatic carbocycles. The summed E-state index contributed by atoms with van der Waals surface area (Å²) in [6.07, 6.45) is 3.25. The van der Waals surface area contributed by atoms with Crippen LogP contribution in [0.5, 0.6) is 11.5 Å². The molecule has 378 valence electrons. The van der Waals surface area contributed by atoms with E-state index >= 15 is 13.2 Å². The summed E-state index contributed by atoms with van der Waals surface area (Å²) in [7, 11) is 2.50. The van der Waals surface area contributed by atoms with Gasteiger partial charge < -0.3 is 53.9 Å². The largest absolute Gasteiger partial charge is 0.493 e. The smallest absolute Gasteiger partial charge is 0.407 e. The SMILES string of the molecule is COC(=O)NC(C(=O)N1CCC[C@H]1c1ncc(-c2cc(F)c3c(c2)OC(c2ccc4c(c2)OCCC4(F)F)n2c-3cc3cc(-c4cnc([C@@H]5CCCN5C(=O)C(NC(=O)OC)C(C)C)[nH]4)ccc32)[nH]1)C(C)C. The van der Waals surface area contributed by atoms with E-state index in [0.717, 1.165) is 17.4 Å². The van der Waals surface area contributed by atoms with Gasteiger partial charge in [0.05, 0.1) is 85.5 Å². The molecule has 2 saturated heterocycles. The zero-order valence-corrected chi connectivity index (χ0v) is 40.7. The first-order valence-electron chi connectivity index (χ1n) is 24.3. The van der Waals surface area contributed by atoms with E-state index in [2.05, 4.69) is 25.6 Å². The number of rotatable bonds is 11. The quantitative estimate of drug-likeness (QED) is 0.0971. The maximum atomic E-state index is 17.0. The summed E-state index contributed by atoms with van der Waals surface area (Å²) >= 11 is 0. The minimum absolute atomic E-state index is 0.0422. The number of H-pyrrole nitrogens is 2. The highest BCUT2D eigenvalue weighted by Crippen LogP contribution is 2.49. The third-order valence-electron chi connectivity index (χ3n) is 14.3. The van der Waals surface area contributed by atoms with Gasteiger partial charge in [0.1, 0.15) is 41.0 Å². The number of nitrogens with zero attached hydrogens (tertiary/aromatic N) is 5. The summed E-state index contributed by atoms with van der Waals surface area (Å²) in [5.41, 5.74) is 3.97. The molecule has 4 aliphatic heterocycles. The van der Waals surface area contributed by atoms with E-state index in [1.807, 2.05) is 56.5 Å². The molecule has 7 heterocycles. The second-order valence-electron chi connectivity index (χ2n) is 19.5. The average molecular weight is 992 g/mol. The number of carbonyl (C=O) groups excluding carboxylic acids is 4. The number of hydrogen-bond acceptors (Lipinski definition) is 10. The van der Waals surface area contributed by atoms with E-state index in [4.69, 9.17) is 23.9 Å². The van der Waals surface area contributed by atoms with Crippen molar-refractivity contribution in [1.82, 2.24) is 44.9 Å². The van der Waals surface area contributed by atoms with Gasteiger partial charge in [-0.3, -0.25) is 9.59 Å². The first kappa shape index (κ1) is 48.1. The molecule has 4 N–H and O–H groups in total. The average Bonchev–Trinajstić information content (AvgIpc) is 4.23. The Kier molecular flexibility index (Phi) is 12.6. The number of methoxy groups -OCH3 is 2. The molecular formula is C52H56F3N9O8. The Morgan fingerprint density at radius 3 is 1.94 bits per heavy atom. The number of aromatic amines is 2. The van der Waals surface area contributed by atoms with Crippen LogP contribution in [0.15, 0.2) is 67.0 Å². The molecule has 0 radical (unpaired) electrons. The minimum atomic E-state index is -3.08. The number of likely N-dealkylation sites (tertiary alicyclic amines) is 2. The Morgan fingerprint density at radius 1 is 0.764 bits per heavy atom. The molecule has 2 fully saturated rings. The van der Waals surface area contributed by atoms with Crippen molar-refractivity contribution < 1.29 is 51.3 Å². The highest BCUT2D eigenvalue weighted by atomic mass is 19.3. The van der Waals surface area contributed by atoms with Gasteiger partial charge in [-0.15, -0.1) is 0 Å². The van der Waals surface area contributed by atoms with Crippen LogP contribution < -0.4 is 20.1 Å². The van der Waals surface area contributed by atoms with Gasteiger partial charge in [0.25, 0.3) is 5.92 Å². The molecular weight excluding hydrogens is 936 g/mol. The number of alkyl carbamates (subject to hydrolysis) is 2. The molecule has 72 heavy (non-hydrogen) atoms. The van der Waals surface area contributed by atoms with Gasteiger partial charge in [0.2, 0.25) is 18.0 Å². The molecule has 3 aromatic carbocycles. The summed E-state index contributed by atoms with van der Waals surface area (Å²) in [5.74, 6) is -3.22. The van der Waals surface area contributed by atoms with Crippen molar-refractivity contribution in [3.05, 3.63) is 95.6 Å². The number of alkyl halides is 2. The molecule has 0 saturated carbocycles. The number of halogens is 3. The molecule has 5 atom stereocenters. The first-order valence-corrected chi connectivity index (χ1v) is 24.3. The van der Waals surface area contributed by atoms with Crippen molar-refractivity contribution in [2.45, 2.75) is 96.1 Å². The Hall–Kier alpha value is -7.51. The van der Waals surface area contributed by atoms with Crippen LogP contribution in [0, 0.1) is 17.7 Å². The normalized spacial score (nSPS) is 19.8. The zero-order valence-electron chi connectivity index (χ0n) is 40.7. The van der Waals surface area contributed by atoms with Gasteiger partial charge in [-0.25, -0.2) is 32.7 Å². The van der Waals surface area contributed by atoms with E-state index < -0.39 is 54.7 Å². The maximum absolute atomic E-state index is 17.0. The Morgan fingerprint density at radius 2 is 1.36 bits per heavy atom. The van der Waals surface area contributed by atoms with Crippen molar-refractivity contribution >= 4 is 34.9 Å². The highest BCUT2D eigenvalue weighted by molar-refractivity contribution is 5.93. The van der Waals surface area contributed by atoms with Gasteiger partial charge >= 0.3 is 12.2 Å². The van der Waals surface area contributed by atoms with Crippen molar-refractivity contribution in [2.24, 2.45) is 11.8 Å². The van der Waals surface area contributed by atoms with Gasteiger partial charge in [-0.2, -0.15) is 0 Å². The van der Waals surface area contributed by atoms with E-state index in [9.17, 15) is 19.2 Å². The molecule has 10 rings (SSSR count). The highest BCUT2D eigenvalue weighted by Gasteiger charge is 2.42. The van der Waals surface area contributed by atoms with E-state index in [0.29, 0.717) is 77.7 Å². The third kappa shape index (κ3) is 8.63. The number of hydrogen-bond donors (Lipinski definition) is 4. The van der Waals surface area contributed by atoms with Crippen LogP contribution in [0.3, 0.4) is 0 Å². The van der Waals surface area contributed by atoms with Crippen LogP contribution in [0.4, 0.5) is 22.8 Å². The molecule has 4 aliphatic rings. The first-order chi connectivity index (χ1) is 34.5. The Labute approximate surface area is 412 Å². The van der Waals surface area contributed by atoms with E-state index in [-0.39, 0.29) is 58.9 Å². The number of nitrogens with one attached hydrogen (secondary N) is 4. The van der Waals surface area contributed by atoms with E-state index in [1.165, 1.54) is 26.4 Å². The molecule has 3 unspecified atom stereocenters. The number of imidazole rings is 2. The van der Waals surface area contributed by atoms with Crippen molar-refractivity contribution in [2.75, 3.05) is 33.9 Å². The summed E-state index contributed by atoms with van der Waals surface area (Å²) in [5, 5.41) is 6.07. The van der Waals surface area contributed by atoms with Crippen LogP contribution in [0.2, 0.25) is 0 Å². The number of aromatic nitrogens is 5. The lowest BCUT2D eigenvalue weighted by molar-refractivity contribution is -0.136. The van der Waals surface area contributed by atoms with Crippen LogP contribution in [-0.2, 0) is 25.0 Å². The fraction of sp³-hybridized carbons (Fsp3) is 0.423. The predicted molar refractivity (Wildman–Crippen MR) is 257 cm³/mol. The summed E-state index contributed by atoms with van der Waals surface area (Å²) < 4.78 is 71.1. The lowest BCUT2D eigenvalue weighted by Gasteiger charge is -2.32. The number of ether oxygens (including phenoxy) is 4. The van der Waals surface area contributed by atoms with Crippen LogP contribution in [0.1, 0.15) is 101 Å². The lowest BCUT2D eigenvalue weighted by Crippen LogP contribution is -2.51. The number of carbonyl (C=O) groups is 4. The Bertz CT molecular complexity index is 3090. The third-order valence-corrected chi connectivity index (χ3v) is 14.3. The topological polar surface area (TPSA) is 198 Å². The molecule has 17 nitrogen and oxygen atoms in total.